The number of thiazole rings is 1. The zero-order valence-corrected chi connectivity index (χ0v) is 21.3. The van der Waals surface area contributed by atoms with Gasteiger partial charge in [0, 0.05) is 75.4 Å². The Morgan fingerprint density at radius 1 is 1.05 bits per heavy atom. The Hall–Kier alpha value is -3.09. The molecule has 3 fully saturated rings. The zero-order valence-electron chi connectivity index (χ0n) is 20.4. The fourth-order valence-corrected chi connectivity index (χ4v) is 6.46. The summed E-state index contributed by atoms with van der Waals surface area (Å²) in [6.07, 6.45) is 2.43. The van der Waals surface area contributed by atoms with Crippen molar-refractivity contribution in [2.75, 3.05) is 62.3 Å². The summed E-state index contributed by atoms with van der Waals surface area (Å²) in [5, 5.41) is 3.34. The average Bonchev–Trinajstić information content (AvgIpc) is 3.49. The summed E-state index contributed by atoms with van der Waals surface area (Å²) in [5.41, 5.74) is 1.50. The molecule has 3 amide bonds. The number of fused-ring (bicyclic) bond motifs is 1. The van der Waals surface area contributed by atoms with Crippen LogP contribution in [0.15, 0.2) is 18.3 Å². The van der Waals surface area contributed by atoms with Gasteiger partial charge in [-0.2, -0.15) is 0 Å². The number of amides is 3. The van der Waals surface area contributed by atoms with Crippen molar-refractivity contribution in [2.24, 2.45) is 0 Å². The van der Waals surface area contributed by atoms with Gasteiger partial charge in [0.15, 0.2) is 5.13 Å². The molecule has 10 nitrogen and oxygen atoms in total. The van der Waals surface area contributed by atoms with Crippen LogP contribution in [0.5, 0.6) is 0 Å². The number of carbonyl (C=O) groups excluding carboxylic acids is 3. The first-order valence-electron chi connectivity index (χ1n) is 12.7. The Balaban J connectivity index is 1.08. The number of anilines is 2. The number of benzene rings is 1. The van der Waals surface area contributed by atoms with Gasteiger partial charge in [0.1, 0.15) is 11.9 Å². The minimum absolute atomic E-state index is 0.191. The van der Waals surface area contributed by atoms with E-state index in [1.807, 2.05) is 11.1 Å². The monoisotopic (exact) mass is 528 g/mol. The number of nitrogens with one attached hydrogen (secondary N) is 1. The van der Waals surface area contributed by atoms with Crippen LogP contribution in [0.1, 0.15) is 33.6 Å². The number of carbonyl (C=O) groups is 3. The number of ether oxygens (including phenoxy) is 1. The van der Waals surface area contributed by atoms with Crippen molar-refractivity contribution in [3.8, 4) is 0 Å². The molecule has 0 radical (unpaired) electrons. The number of piperidine rings is 1. The van der Waals surface area contributed by atoms with Crippen LogP contribution in [-0.4, -0.2) is 91.0 Å². The van der Waals surface area contributed by atoms with Crippen LogP contribution in [0.3, 0.4) is 0 Å². The molecule has 0 bridgehead atoms. The summed E-state index contributed by atoms with van der Waals surface area (Å²) >= 11 is 1.72. The summed E-state index contributed by atoms with van der Waals surface area (Å²) in [7, 11) is 0. The normalized spacial score (nSPS) is 23.0. The molecule has 0 aliphatic carbocycles. The zero-order chi connectivity index (χ0) is 25.5. The molecule has 1 atom stereocenters. The highest BCUT2D eigenvalue weighted by Gasteiger charge is 2.40. The number of aromatic nitrogens is 1. The summed E-state index contributed by atoms with van der Waals surface area (Å²) in [6.45, 7) is 7.21. The van der Waals surface area contributed by atoms with Gasteiger partial charge < -0.3 is 19.4 Å². The predicted molar refractivity (Wildman–Crippen MR) is 135 cm³/mol. The molecule has 5 heterocycles. The molecule has 1 N–H and O–H groups in total. The first kappa shape index (κ1) is 24.3. The maximum absolute atomic E-state index is 15.2. The minimum Gasteiger partial charge on any atom is -0.378 e. The molecule has 4 aliphatic heterocycles. The number of imide groups is 1. The Labute approximate surface area is 218 Å². The molecule has 1 aromatic carbocycles. The van der Waals surface area contributed by atoms with E-state index in [1.54, 1.807) is 17.4 Å². The summed E-state index contributed by atoms with van der Waals surface area (Å²) in [4.78, 5) is 50.6. The topological polar surface area (TPSA) is 98.3 Å². The highest BCUT2D eigenvalue weighted by atomic mass is 32.1. The van der Waals surface area contributed by atoms with Gasteiger partial charge in [-0.15, -0.1) is 11.3 Å². The van der Waals surface area contributed by atoms with E-state index in [0.717, 1.165) is 51.1 Å². The molecular weight excluding hydrogens is 499 g/mol. The van der Waals surface area contributed by atoms with E-state index in [-0.39, 0.29) is 31.2 Å². The summed E-state index contributed by atoms with van der Waals surface area (Å²) < 4.78 is 20.6. The van der Waals surface area contributed by atoms with Gasteiger partial charge in [0.05, 0.1) is 18.9 Å². The van der Waals surface area contributed by atoms with E-state index >= 15 is 4.39 Å². The molecule has 0 saturated carbocycles. The fourth-order valence-electron chi connectivity index (χ4n) is 5.46. The third kappa shape index (κ3) is 4.80. The second-order valence-corrected chi connectivity index (χ2v) is 10.9. The SMILES string of the molecule is O=C1CCC(N2Cc3cc(N4CCN(Cc5cnc(N6CCOCC6)s5)CC4)c(F)cc3C2=O)C(=O)N1. The van der Waals surface area contributed by atoms with Crippen LogP contribution in [0.25, 0.3) is 0 Å². The summed E-state index contributed by atoms with van der Waals surface area (Å²) in [5.74, 6) is -1.58. The van der Waals surface area contributed by atoms with Crippen molar-refractivity contribution in [1.82, 2.24) is 20.1 Å². The number of halogens is 1. The Bertz CT molecular complexity index is 1220. The first-order chi connectivity index (χ1) is 18.0. The largest absolute Gasteiger partial charge is 0.378 e. The highest BCUT2D eigenvalue weighted by molar-refractivity contribution is 7.15. The molecule has 196 valence electrons. The van der Waals surface area contributed by atoms with Crippen LogP contribution in [-0.2, 0) is 27.4 Å². The number of piperazine rings is 1. The molecule has 37 heavy (non-hydrogen) atoms. The molecule has 1 aromatic heterocycles. The average molecular weight is 529 g/mol. The maximum atomic E-state index is 15.2. The lowest BCUT2D eigenvalue weighted by atomic mass is 10.0. The van der Waals surface area contributed by atoms with Gasteiger partial charge in [-0.1, -0.05) is 0 Å². The molecule has 12 heteroatoms. The van der Waals surface area contributed by atoms with Crippen LogP contribution >= 0.6 is 11.3 Å². The number of hydrogen-bond acceptors (Lipinski definition) is 9. The van der Waals surface area contributed by atoms with E-state index in [2.05, 4.69) is 20.1 Å². The Kier molecular flexibility index (Phi) is 6.55. The van der Waals surface area contributed by atoms with Crippen molar-refractivity contribution in [1.29, 1.82) is 0 Å². The third-order valence-corrected chi connectivity index (χ3v) is 8.55. The summed E-state index contributed by atoms with van der Waals surface area (Å²) in [6, 6.07) is 2.35. The van der Waals surface area contributed by atoms with Gasteiger partial charge in [0.2, 0.25) is 11.8 Å². The maximum Gasteiger partial charge on any atom is 0.255 e. The van der Waals surface area contributed by atoms with Gasteiger partial charge >= 0.3 is 0 Å². The third-order valence-electron chi connectivity index (χ3n) is 7.51. The molecule has 0 spiro atoms. The van der Waals surface area contributed by atoms with Gasteiger partial charge in [0.25, 0.3) is 5.91 Å². The van der Waals surface area contributed by atoms with E-state index in [9.17, 15) is 14.4 Å². The second-order valence-electron chi connectivity index (χ2n) is 9.83. The van der Waals surface area contributed by atoms with E-state index in [0.29, 0.717) is 29.9 Å². The Morgan fingerprint density at radius 2 is 1.84 bits per heavy atom. The minimum atomic E-state index is -0.705. The van der Waals surface area contributed by atoms with Gasteiger partial charge in [-0.3, -0.25) is 24.6 Å². The molecular formula is C25H29FN6O4S. The van der Waals surface area contributed by atoms with E-state index in [4.69, 9.17) is 4.74 Å². The lowest BCUT2D eigenvalue weighted by Gasteiger charge is -2.36. The van der Waals surface area contributed by atoms with Gasteiger partial charge in [-0.05, 0) is 24.1 Å². The quantitative estimate of drug-likeness (QED) is 0.579. The second kappa shape index (κ2) is 9.99. The van der Waals surface area contributed by atoms with E-state index in [1.165, 1.54) is 15.8 Å². The van der Waals surface area contributed by atoms with Crippen LogP contribution in [0.4, 0.5) is 15.2 Å². The standard InChI is InChI=1S/C25H29FN6O4S/c26-19-12-18-16(14-32(24(18)35)20-1-2-22(33)28-23(20)34)11-21(19)30-5-3-29(4-6-30)15-17-13-27-25(37-17)31-7-9-36-10-8-31/h11-13,20H,1-10,14-15H2,(H,28,33,34). The number of morpholine rings is 1. The van der Waals surface area contributed by atoms with Crippen LogP contribution in [0.2, 0.25) is 0 Å². The molecule has 2 aromatic rings. The van der Waals surface area contributed by atoms with E-state index < -0.39 is 17.8 Å². The van der Waals surface area contributed by atoms with Crippen molar-refractivity contribution in [3.05, 3.63) is 40.2 Å². The Morgan fingerprint density at radius 3 is 2.59 bits per heavy atom. The van der Waals surface area contributed by atoms with Crippen molar-refractivity contribution in [3.63, 3.8) is 0 Å². The molecule has 1 unspecified atom stereocenters. The molecule has 6 rings (SSSR count). The smallest absolute Gasteiger partial charge is 0.255 e. The van der Waals surface area contributed by atoms with Crippen LogP contribution in [0, 0.1) is 5.82 Å². The number of rotatable bonds is 5. The van der Waals surface area contributed by atoms with Crippen molar-refractivity contribution >= 4 is 39.9 Å². The fraction of sp³-hybridized carbons (Fsp3) is 0.520. The van der Waals surface area contributed by atoms with Crippen molar-refractivity contribution in [2.45, 2.75) is 32.0 Å². The molecule has 3 saturated heterocycles. The highest BCUT2D eigenvalue weighted by Crippen LogP contribution is 2.33. The lowest BCUT2D eigenvalue weighted by Crippen LogP contribution is -2.52. The van der Waals surface area contributed by atoms with Crippen molar-refractivity contribution < 1.29 is 23.5 Å². The number of hydrogen-bond donors (Lipinski definition) is 1. The lowest BCUT2D eigenvalue weighted by molar-refractivity contribution is -0.136. The number of nitrogens with zero attached hydrogens (tertiary/aromatic N) is 5. The first-order valence-corrected chi connectivity index (χ1v) is 13.5. The van der Waals surface area contributed by atoms with Crippen LogP contribution < -0.4 is 15.1 Å². The molecule has 4 aliphatic rings. The van der Waals surface area contributed by atoms with Gasteiger partial charge in [-0.25, -0.2) is 9.37 Å². The predicted octanol–water partition coefficient (Wildman–Crippen LogP) is 1.20.